The summed E-state index contributed by atoms with van der Waals surface area (Å²) in [5.41, 5.74) is -0.359. The van der Waals surface area contributed by atoms with Crippen molar-refractivity contribution in [3.05, 3.63) is 93.4 Å². The molecule has 5 rings (SSSR count). The summed E-state index contributed by atoms with van der Waals surface area (Å²) in [5, 5.41) is 6.35. The number of carbonyl (C=O) groups excluding carboxylic acids is 1. The van der Waals surface area contributed by atoms with Gasteiger partial charge in [0.25, 0.3) is 5.91 Å². The first-order valence-electron chi connectivity index (χ1n) is 10.1. The normalized spacial score (nSPS) is 11.8. The van der Waals surface area contributed by atoms with Gasteiger partial charge in [-0.25, -0.2) is 4.98 Å². The first kappa shape index (κ1) is 23.9. The number of fused-ring (bicyclic) bond motifs is 3. The summed E-state index contributed by atoms with van der Waals surface area (Å²) in [4.78, 5) is 17.9. The fourth-order valence-corrected chi connectivity index (χ4v) is 6.08. The minimum atomic E-state index is -4.51. The highest BCUT2D eigenvalue weighted by molar-refractivity contribution is 7.99. The van der Waals surface area contributed by atoms with E-state index >= 15 is 0 Å². The van der Waals surface area contributed by atoms with Crippen LogP contribution in [0, 0.1) is 0 Å². The minimum absolute atomic E-state index is 0.0888. The molecule has 0 aliphatic heterocycles. The van der Waals surface area contributed by atoms with Gasteiger partial charge in [-0.1, -0.05) is 71.4 Å². The zero-order valence-electron chi connectivity index (χ0n) is 17.5. The average Bonchev–Trinajstić information content (AvgIpc) is 3.18. The third-order valence-corrected chi connectivity index (χ3v) is 8.36. The van der Waals surface area contributed by atoms with E-state index in [0.29, 0.717) is 20.5 Å². The molecule has 0 aliphatic carbocycles. The van der Waals surface area contributed by atoms with Crippen molar-refractivity contribution in [1.82, 2.24) is 4.98 Å². The van der Waals surface area contributed by atoms with Crippen molar-refractivity contribution < 1.29 is 18.0 Å². The number of pyridine rings is 1. The van der Waals surface area contributed by atoms with Gasteiger partial charge < -0.3 is 5.32 Å². The second-order valence-electron chi connectivity index (χ2n) is 7.50. The van der Waals surface area contributed by atoms with Gasteiger partial charge in [0, 0.05) is 26.9 Å². The highest BCUT2D eigenvalue weighted by atomic mass is 35.5. The molecule has 0 fully saturated rings. The monoisotopic (exact) mass is 548 g/mol. The van der Waals surface area contributed by atoms with Crippen LogP contribution in [0.15, 0.2) is 82.8 Å². The Hall–Kier alpha value is -2.78. The molecule has 2 aromatic heterocycles. The van der Waals surface area contributed by atoms with Crippen molar-refractivity contribution in [2.75, 3.05) is 5.32 Å². The van der Waals surface area contributed by atoms with Crippen LogP contribution in [0.1, 0.15) is 15.2 Å². The summed E-state index contributed by atoms with van der Waals surface area (Å²) >= 11 is 15.0. The van der Waals surface area contributed by atoms with Crippen LogP contribution in [-0.2, 0) is 6.18 Å². The Morgan fingerprint density at radius 2 is 1.71 bits per heavy atom. The molecule has 3 nitrogen and oxygen atoms in total. The highest BCUT2D eigenvalue weighted by Crippen LogP contribution is 2.40. The third kappa shape index (κ3) is 4.84. The Morgan fingerprint density at radius 1 is 0.971 bits per heavy atom. The molecule has 3 aromatic carbocycles. The van der Waals surface area contributed by atoms with E-state index in [0.717, 1.165) is 44.9 Å². The number of aromatic nitrogens is 1. The quantitative estimate of drug-likeness (QED) is 0.243. The molecule has 5 aromatic rings. The molecule has 0 saturated heterocycles. The molecule has 0 bridgehead atoms. The first-order chi connectivity index (χ1) is 16.7. The Balaban J connectivity index is 1.34. The van der Waals surface area contributed by atoms with Crippen LogP contribution in [0.5, 0.6) is 0 Å². The molecule has 0 saturated carbocycles. The number of nitrogens with zero attached hydrogens (tertiary/aromatic N) is 1. The van der Waals surface area contributed by atoms with Crippen molar-refractivity contribution in [1.29, 1.82) is 0 Å². The number of rotatable bonds is 4. The summed E-state index contributed by atoms with van der Waals surface area (Å²) in [6.45, 7) is 0. The Kier molecular flexibility index (Phi) is 6.40. The number of thiophene rings is 1. The lowest BCUT2D eigenvalue weighted by molar-refractivity contribution is -0.137. The van der Waals surface area contributed by atoms with Gasteiger partial charge in [-0.15, -0.1) is 11.3 Å². The fourth-order valence-electron chi connectivity index (χ4n) is 3.50. The third-order valence-electron chi connectivity index (χ3n) is 5.19. The summed E-state index contributed by atoms with van der Waals surface area (Å²) in [7, 11) is 0. The average molecular weight is 549 g/mol. The summed E-state index contributed by atoms with van der Waals surface area (Å²) < 4.78 is 39.4. The summed E-state index contributed by atoms with van der Waals surface area (Å²) in [6.07, 6.45) is -3.76. The van der Waals surface area contributed by atoms with E-state index in [4.69, 9.17) is 23.2 Å². The van der Waals surface area contributed by atoms with E-state index in [2.05, 4.69) is 10.3 Å². The van der Waals surface area contributed by atoms with Gasteiger partial charge in [-0.2, -0.15) is 13.2 Å². The van der Waals surface area contributed by atoms with Crippen molar-refractivity contribution in [3.63, 3.8) is 0 Å². The van der Waals surface area contributed by atoms with Crippen LogP contribution < -0.4 is 5.32 Å². The number of nitrogens with one attached hydrogen (secondary N) is 1. The van der Waals surface area contributed by atoms with Crippen LogP contribution in [0.3, 0.4) is 0 Å². The first-order valence-corrected chi connectivity index (χ1v) is 12.5. The van der Waals surface area contributed by atoms with E-state index in [-0.39, 0.29) is 16.0 Å². The number of anilines is 1. The predicted molar refractivity (Wildman–Crippen MR) is 137 cm³/mol. The van der Waals surface area contributed by atoms with E-state index in [1.54, 1.807) is 24.3 Å². The van der Waals surface area contributed by atoms with Crippen LogP contribution in [0.4, 0.5) is 18.9 Å². The molecule has 0 spiro atoms. The molecular formula is C25H13Cl2F3N2OS2. The van der Waals surface area contributed by atoms with Crippen LogP contribution in [0.25, 0.3) is 20.9 Å². The van der Waals surface area contributed by atoms with Crippen LogP contribution in [0.2, 0.25) is 10.0 Å². The van der Waals surface area contributed by atoms with E-state index in [1.807, 2.05) is 36.4 Å². The number of carbonyl (C=O) groups is 1. The Labute approximate surface area is 215 Å². The Bertz CT molecular complexity index is 1580. The van der Waals surface area contributed by atoms with Gasteiger partial charge in [0.05, 0.1) is 15.6 Å². The minimum Gasteiger partial charge on any atom is -0.321 e. The van der Waals surface area contributed by atoms with Crippen molar-refractivity contribution in [2.45, 2.75) is 16.1 Å². The molecule has 1 N–H and O–H groups in total. The van der Waals surface area contributed by atoms with E-state index in [9.17, 15) is 18.0 Å². The maximum atomic E-state index is 13.0. The zero-order valence-corrected chi connectivity index (χ0v) is 20.6. The molecule has 2 heterocycles. The molecule has 0 unspecified atom stereocenters. The maximum Gasteiger partial charge on any atom is 0.417 e. The van der Waals surface area contributed by atoms with Gasteiger partial charge in [-0.05, 0) is 41.1 Å². The molecule has 0 atom stereocenters. The molecule has 1 amide bonds. The number of hydrogen-bond donors (Lipinski definition) is 1. The lowest BCUT2D eigenvalue weighted by Crippen LogP contribution is -2.10. The zero-order chi connectivity index (χ0) is 24.7. The topological polar surface area (TPSA) is 42.0 Å². The number of alkyl halides is 3. The molecule has 0 aliphatic rings. The number of amides is 1. The lowest BCUT2D eigenvalue weighted by Gasteiger charge is -2.09. The number of halogens is 5. The standard InChI is InChI=1S/C25H13Cl2F3N2OS2/c26-19-11-14(25(28,29)30)12-31-24(19)34-16-8-6-15(7-9-16)32-23(33)22-20(27)18-10-5-13-3-1-2-4-17(13)21(18)35-22/h1-12H,(H,32,33). The fraction of sp³-hybridized carbons (Fsp3) is 0.0400. The maximum absolute atomic E-state index is 13.0. The molecule has 0 radical (unpaired) electrons. The van der Waals surface area contributed by atoms with E-state index in [1.165, 1.54) is 11.3 Å². The summed E-state index contributed by atoms with van der Waals surface area (Å²) in [5.74, 6) is -0.326. The number of hydrogen-bond acceptors (Lipinski definition) is 4. The van der Waals surface area contributed by atoms with Gasteiger partial charge >= 0.3 is 6.18 Å². The molecule has 176 valence electrons. The molecule has 10 heteroatoms. The summed E-state index contributed by atoms with van der Waals surface area (Å²) in [6, 6.07) is 19.5. The van der Waals surface area contributed by atoms with Crippen LogP contribution >= 0.6 is 46.3 Å². The lowest BCUT2D eigenvalue weighted by atomic mass is 10.1. The van der Waals surface area contributed by atoms with Gasteiger partial charge in [0.2, 0.25) is 0 Å². The van der Waals surface area contributed by atoms with Gasteiger partial charge in [-0.3, -0.25) is 4.79 Å². The molecule has 35 heavy (non-hydrogen) atoms. The van der Waals surface area contributed by atoms with Crippen molar-refractivity contribution in [2.24, 2.45) is 0 Å². The van der Waals surface area contributed by atoms with Crippen molar-refractivity contribution >= 4 is 78.8 Å². The second-order valence-corrected chi connectivity index (χ2v) is 10.4. The number of benzene rings is 3. The van der Waals surface area contributed by atoms with Crippen molar-refractivity contribution in [3.8, 4) is 0 Å². The second kappa shape index (κ2) is 9.35. The SMILES string of the molecule is O=C(Nc1ccc(Sc2ncc(C(F)(F)F)cc2Cl)cc1)c1sc2c(ccc3ccccc32)c1Cl. The molecular weight excluding hydrogens is 536 g/mol. The van der Waals surface area contributed by atoms with Gasteiger partial charge in [0.15, 0.2) is 0 Å². The van der Waals surface area contributed by atoms with Crippen LogP contribution in [-0.4, -0.2) is 10.9 Å². The predicted octanol–water partition coefficient (Wildman–Crippen LogP) is 9.18. The smallest absolute Gasteiger partial charge is 0.321 e. The highest BCUT2D eigenvalue weighted by Gasteiger charge is 2.31. The largest absolute Gasteiger partial charge is 0.417 e. The Morgan fingerprint density at radius 3 is 2.43 bits per heavy atom. The van der Waals surface area contributed by atoms with Gasteiger partial charge in [0.1, 0.15) is 9.90 Å². The van der Waals surface area contributed by atoms with E-state index < -0.39 is 11.7 Å².